The molecule has 1 aromatic carbocycles. The minimum atomic E-state index is -1.18. The van der Waals surface area contributed by atoms with Gasteiger partial charge in [0.1, 0.15) is 24.9 Å². The van der Waals surface area contributed by atoms with E-state index in [4.69, 9.17) is 33.2 Å². The number of aliphatic carboxylic acids is 1. The van der Waals surface area contributed by atoms with Crippen molar-refractivity contribution < 1.29 is 47.9 Å². The number of fused-ring (bicyclic) bond motifs is 1. The number of nitrogens with one attached hydrogen (secondary N) is 1. The van der Waals surface area contributed by atoms with Crippen LogP contribution in [0.1, 0.15) is 26.3 Å². The number of hydrogen-bond donors (Lipinski definition) is 2. The molecule has 11 nitrogen and oxygen atoms in total. The third-order valence-electron chi connectivity index (χ3n) is 4.52. The summed E-state index contributed by atoms with van der Waals surface area (Å²) in [5, 5.41) is 12.0. The summed E-state index contributed by atoms with van der Waals surface area (Å²) in [6, 6.07) is 3.94. The molecule has 1 amide bonds. The van der Waals surface area contributed by atoms with E-state index in [2.05, 4.69) is 5.32 Å². The first-order valence-corrected chi connectivity index (χ1v) is 11.7. The molecule has 0 saturated carbocycles. The lowest BCUT2D eigenvalue weighted by molar-refractivity contribution is -0.139. The van der Waals surface area contributed by atoms with E-state index in [1.165, 1.54) is 0 Å². The molecule has 1 atom stereocenters. The van der Waals surface area contributed by atoms with E-state index < -0.39 is 23.7 Å². The second kappa shape index (κ2) is 15.4. The van der Waals surface area contributed by atoms with Gasteiger partial charge < -0.3 is 43.6 Å². The highest BCUT2D eigenvalue weighted by Crippen LogP contribution is 2.29. The van der Waals surface area contributed by atoms with Gasteiger partial charge in [-0.15, -0.1) is 0 Å². The molecule has 1 aliphatic rings. The fourth-order valence-electron chi connectivity index (χ4n) is 2.98. The van der Waals surface area contributed by atoms with Crippen molar-refractivity contribution in [1.82, 2.24) is 5.32 Å². The van der Waals surface area contributed by atoms with E-state index in [1.54, 1.807) is 39.0 Å². The van der Waals surface area contributed by atoms with E-state index in [-0.39, 0.29) is 13.0 Å². The molecule has 2 N–H and O–H groups in total. The Hall–Kier alpha value is -2.60. The molecule has 1 aromatic rings. The number of carboxylic acid groups (broad SMARTS) is 1. The number of alkyl carbamates (subject to hydrolysis) is 1. The highest BCUT2D eigenvalue weighted by Gasteiger charge is 2.24. The van der Waals surface area contributed by atoms with Crippen molar-refractivity contribution in [3.63, 3.8) is 0 Å². The van der Waals surface area contributed by atoms with E-state index in [0.29, 0.717) is 76.5 Å². The summed E-state index contributed by atoms with van der Waals surface area (Å²) in [6.45, 7) is 9.13. The molecule has 11 heteroatoms. The first-order chi connectivity index (χ1) is 16.7. The molecule has 0 spiro atoms. The zero-order chi connectivity index (χ0) is 25.5. The van der Waals surface area contributed by atoms with Gasteiger partial charge in [-0.25, -0.2) is 9.59 Å². The highest BCUT2D eigenvalue weighted by molar-refractivity contribution is 5.80. The summed E-state index contributed by atoms with van der Waals surface area (Å²) in [7, 11) is 0. The van der Waals surface area contributed by atoms with Gasteiger partial charge in [-0.2, -0.15) is 0 Å². The molecule has 1 heterocycles. The fraction of sp³-hybridized carbons (Fsp3) is 0.667. The second-order valence-corrected chi connectivity index (χ2v) is 8.67. The maximum absolute atomic E-state index is 12.1. The Morgan fingerprint density at radius 1 is 0.857 bits per heavy atom. The first-order valence-electron chi connectivity index (χ1n) is 11.7. The first kappa shape index (κ1) is 28.6. The zero-order valence-corrected chi connectivity index (χ0v) is 20.7. The molecule has 0 unspecified atom stereocenters. The van der Waals surface area contributed by atoms with Crippen molar-refractivity contribution in [2.45, 2.75) is 38.8 Å². The Kier molecular flexibility index (Phi) is 12.6. The van der Waals surface area contributed by atoms with Crippen LogP contribution < -0.4 is 14.8 Å². The van der Waals surface area contributed by atoms with Gasteiger partial charge in [0.25, 0.3) is 0 Å². The van der Waals surface area contributed by atoms with Crippen molar-refractivity contribution >= 4 is 12.1 Å². The molecule has 0 radical (unpaired) electrons. The number of ether oxygens (including phenoxy) is 7. The summed E-state index contributed by atoms with van der Waals surface area (Å²) in [5.74, 6) is -0.248. The van der Waals surface area contributed by atoms with Crippen LogP contribution in [0.4, 0.5) is 4.79 Å². The van der Waals surface area contributed by atoms with Crippen molar-refractivity contribution in [2.75, 3.05) is 66.1 Å². The lowest BCUT2D eigenvalue weighted by Gasteiger charge is -2.22. The molecule has 1 aliphatic heterocycles. The molecule has 0 aromatic heterocycles. The number of rotatable bonds is 4. The Morgan fingerprint density at radius 3 is 1.83 bits per heavy atom. The molecule has 2 rings (SSSR count). The summed E-state index contributed by atoms with van der Waals surface area (Å²) < 4.78 is 38.7. The third-order valence-corrected chi connectivity index (χ3v) is 4.52. The normalized spacial score (nSPS) is 17.9. The van der Waals surface area contributed by atoms with Crippen LogP contribution in [0.3, 0.4) is 0 Å². The molecule has 0 saturated heterocycles. The molecule has 0 fully saturated rings. The van der Waals surface area contributed by atoms with Crippen molar-refractivity contribution in [3.05, 3.63) is 23.8 Å². The van der Waals surface area contributed by atoms with Crippen molar-refractivity contribution in [1.29, 1.82) is 0 Å². The summed E-state index contributed by atoms with van der Waals surface area (Å²) in [4.78, 5) is 23.8. The molecule has 0 aliphatic carbocycles. The summed E-state index contributed by atoms with van der Waals surface area (Å²) >= 11 is 0. The molecular formula is C24H37NO10. The standard InChI is InChI=1S/C24H37NO10/c1-24(2,3)35-23(28)25-19(22(26)27)16-18-4-5-20-21(17-18)34-15-13-32-11-9-30-7-6-29-8-10-31-12-14-33-20/h4-5,17,19H,6-16H2,1-3H3,(H,25,28)(H,26,27)/t19-/m0/s1. The highest BCUT2D eigenvalue weighted by atomic mass is 16.6. The molecule has 0 bridgehead atoms. The van der Waals surface area contributed by atoms with E-state index in [1.807, 2.05) is 0 Å². The Balaban J connectivity index is 2.04. The second-order valence-electron chi connectivity index (χ2n) is 8.67. The van der Waals surface area contributed by atoms with E-state index >= 15 is 0 Å². The molecule has 35 heavy (non-hydrogen) atoms. The number of hydrogen-bond acceptors (Lipinski definition) is 9. The van der Waals surface area contributed by atoms with Gasteiger partial charge >= 0.3 is 12.1 Å². The van der Waals surface area contributed by atoms with Crippen LogP contribution in [0.15, 0.2) is 18.2 Å². The number of amides is 1. The van der Waals surface area contributed by atoms with Crippen LogP contribution >= 0.6 is 0 Å². The third kappa shape index (κ3) is 12.6. The van der Waals surface area contributed by atoms with Crippen molar-refractivity contribution in [2.24, 2.45) is 0 Å². The van der Waals surface area contributed by atoms with Gasteiger partial charge in [-0.3, -0.25) is 0 Å². The lowest BCUT2D eigenvalue weighted by atomic mass is 10.1. The van der Waals surface area contributed by atoms with Crippen LogP contribution in [0.2, 0.25) is 0 Å². The largest absolute Gasteiger partial charge is 0.487 e. The van der Waals surface area contributed by atoms with E-state index in [9.17, 15) is 14.7 Å². The minimum absolute atomic E-state index is 0.0299. The number of benzene rings is 1. The minimum Gasteiger partial charge on any atom is -0.487 e. The molecule has 198 valence electrons. The maximum Gasteiger partial charge on any atom is 0.408 e. The number of carbonyl (C=O) groups excluding carboxylic acids is 1. The van der Waals surface area contributed by atoms with Gasteiger partial charge in [0.2, 0.25) is 0 Å². The van der Waals surface area contributed by atoms with Crippen LogP contribution in [0.25, 0.3) is 0 Å². The average Bonchev–Trinajstić information content (AvgIpc) is 2.77. The smallest absolute Gasteiger partial charge is 0.408 e. The fourth-order valence-corrected chi connectivity index (χ4v) is 2.98. The quantitative estimate of drug-likeness (QED) is 0.634. The van der Waals surface area contributed by atoms with Gasteiger partial charge in [0.05, 0.1) is 52.9 Å². The zero-order valence-electron chi connectivity index (χ0n) is 20.7. The number of carboxylic acids is 1. The van der Waals surface area contributed by atoms with Gasteiger partial charge in [0, 0.05) is 6.42 Å². The Labute approximate surface area is 205 Å². The topological polar surface area (TPSA) is 131 Å². The summed E-state index contributed by atoms with van der Waals surface area (Å²) in [6.07, 6.45) is -0.769. The van der Waals surface area contributed by atoms with Crippen molar-refractivity contribution in [3.8, 4) is 11.5 Å². The maximum atomic E-state index is 12.1. The predicted molar refractivity (Wildman–Crippen MR) is 125 cm³/mol. The Morgan fingerprint density at radius 2 is 1.34 bits per heavy atom. The van der Waals surface area contributed by atoms with Crippen LogP contribution in [-0.2, 0) is 34.9 Å². The van der Waals surface area contributed by atoms with Crippen LogP contribution in [0.5, 0.6) is 11.5 Å². The van der Waals surface area contributed by atoms with Gasteiger partial charge in [-0.1, -0.05) is 6.07 Å². The van der Waals surface area contributed by atoms with Gasteiger partial charge in [0.15, 0.2) is 11.5 Å². The summed E-state index contributed by atoms with van der Waals surface area (Å²) in [5.41, 5.74) is -0.102. The predicted octanol–water partition coefficient (Wildman–Crippen LogP) is 2.04. The SMILES string of the molecule is CC(C)(C)OC(=O)N[C@@H](Cc1ccc2c(c1)OCCOCCOCCOCCOCCO2)C(=O)O. The van der Waals surface area contributed by atoms with Crippen LogP contribution in [-0.4, -0.2) is 94.9 Å². The average molecular weight is 500 g/mol. The molecular weight excluding hydrogens is 462 g/mol. The lowest BCUT2D eigenvalue weighted by Crippen LogP contribution is -2.44. The monoisotopic (exact) mass is 499 g/mol. The van der Waals surface area contributed by atoms with E-state index in [0.717, 1.165) is 0 Å². The van der Waals surface area contributed by atoms with Gasteiger partial charge in [-0.05, 0) is 38.5 Å². The van der Waals surface area contributed by atoms with Crippen LogP contribution in [0, 0.1) is 0 Å². The Bertz CT molecular complexity index is 780. The number of carbonyl (C=O) groups is 2.